The molecule has 0 radical (unpaired) electrons. The Labute approximate surface area is 81.1 Å². The second-order valence-electron chi connectivity index (χ2n) is 3.62. The summed E-state index contributed by atoms with van der Waals surface area (Å²) in [7, 11) is 0. The van der Waals surface area contributed by atoms with Gasteiger partial charge >= 0.3 is 5.97 Å². The minimum Gasteiger partial charge on any atom is -0.481 e. The standard InChI is InChI=1S/C9H13O2.Al.2H/c10-9(11)7-6-8-4-2-1-3-5-8;;;/h2,8H,3-7H2,(H,10,11);;;. The lowest BCUT2D eigenvalue weighted by Gasteiger charge is -2.19. The number of aliphatic carboxylic acids is 1. The van der Waals surface area contributed by atoms with Gasteiger partial charge in [0.2, 0.25) is 0 Å². The highest BCUT2D eigenvalue weighted by molar-refractivity contribution is 6.21. The van der Waals surface area contributed by atoms with Crippen LogP contribution < -0.4 is 0 Å². The molecule has 66 valence electrons. The highest BCUT2D eigenvalue weighted by Gasteiger charge is 2.13. The molecule has 1 N–H and O–H groups in total. The molecular weight excluding hydrogens is 167 g/mol. The van der Waals surface area contributed by atoms with Crippen molar-refractivity contribution < 1.29 is 9.90 Å². The molecule has 1 rings (SSSR count). The van der Waals surface area contributed by atoms with Crippen LogP contribution in [0.3, 0.4) is 0 Å². The summed E-state index contributed by atoms with van der Waals surface area (Å²) >= 11 is 1.19. The smallest absolute Gasteiger partial charge is 0.303 e. The summed E-state index contributed by atoms with van der Waals surface area (Å²) in [5.41, 5.74) is 0. The maximum absolute atomic E-state index is 10.3. The van der Waals surface area contributed by atoms with Crippen molar-refractivity contribution in [3.8, 4) is 0 Å². The molecule has 1 unspecified atom stereocenters. The van der Waals surface area contributed by atoms with Crippen molar-refractivity contribution in [2.45, 2.75) is 32.1 Å². The zero-order valence-corrected chi connectivity index (χ0v) is 9.55. The highest BCUT2D eigenvalue weighted by Crippen LogP contribution is 2.25. The molecule has 0 aliphatic heterocycles. The van der Waals surface area contributed by atoms with Gasteiger partial charge in [0.05, 0.1) is 0 Å². The third-order valence-corrected chi connectivity index (χ3v) is 3.42. The second-order valence-corrected chi connectivity index (χ2v) is 4.91. The molecule has 12 heavy (non-hydrogen) atoms. The molecule has 1 aliphatic rings. The molecule has 0 heterocycles. The van der Waals surface area contributed by atoms with Crippen LogP contribution in [0, 0.1) is 5.92 Å². The second kappa shape index (κ2) is 4.69. The first-order valence-electron chi connectivity index (χ1n) is 4.56. The Balaban J connectivity index is 2.23. The summed E-state index contributed by atoms with van der Waals surface area (Å²) < 4.78 is 1.60. The van der Waals surface area contributed by atoms with Gasteiger partial charge in [-0.15, -0.1) is 10.5 Å². The van der Waals surface area contributed by atoms with Crippen molar-refractivity contribution in [3.63, 3.8) is 0 Å². The van der Waals surface area contributed by atoms with Gasteiger partial charge in [0.15, 0.2) is 0 Å². The monoisotopic (exact) mass is 182 g/mol. The molecule has 0 saturated heterocycles. The SMILES string of the molecule is O=C(O)CCC1CC=[C]([AlH2])CC1. The van der Waals surface area contributed by atoms with Crippen molar-refractivity contribution in [2.75, 3.05) is 0 Å². The first kappa shape index (κ1) is 9.83. The van der Waals surface area contributed by atoms with Gasteiger partial charge in [-0.2, -0.15) is 0 Å². The third-order valence-electron chi connectivity index (χ3n) is 2.51. The van der Waals surface area contributed by atoms with Gasteiger partial charge in [-0.05, 0) is 31.6 Å². The Bertz CT molecular complexity index is 199. The Morgan fingerprint density at radius 2 is 2.50 bits per heavy atom. The summed E-state index contributed by atoms with van der Waals surface area (Å²) in [5, 5.41) is 8.49. The van der Waals surface area contributed by atoms with Crippen LogP contribution in [0.4, 0.5) is 0 Å². The van der Waals surface area contributed by atoms with Crippen molar-refractivity contribution >= 4 is 22.3 Å². The Hall–Kier alpha value is -0.258. The molecule has 0 saturated carbocycles. The van der Waals surface area contributed by atoms with E-state index in [0.29, 0.717) is 12.3 Å². The molecule has 2 nitrogen and oxygen atoms in total. The van der Waals surface area contributed by atoms with E-state index in [9.17, 15) is 4.79 Å². The van der Waals surface area contributed by atoms with Crippen LogP contribution in [0.1, 0.15) is 32.1 Å². The average Bonchev–Trinajstić information content (AvgIpc) is 2.03. The van der Waals surface area contributed by atoms with Crippen LogP contribution in [0.2, 0.25) is 0 Å². The van der Waals surface area contributed by atoms with E-state index in [-0.39, 0.29) is 0 Å². The molecule has 0 spiro atoms. The Morgan fingerprint density at radius 3 is 3.00 bits per heavy atom. The summed E-state index contributed by atoms with van der Waals surface area (Å²) in [6.45, 7) is 0. The lowest BCUT2D eigenvalue weighted by Crippen LogP contribution is -2.08. The molecule has 0 fully saturated rings. The molecular formula is C9H15AlO2. The van der Waals surface area contributed by atoms with E-state index >= 15 is 0 Å². The summed E-state index contributed by atoms with van der Waals surface area (Å²) in [6.07, 6.45) is 7.06. The molecule has 0 bridgehead atoms. The lowest BCUT2D eigenvalue weighted by molar-refractivity contribution is -0.137. The van der Waals surface area contributed by atoms with Gasteiger partial charge in [-0.3, -0.25) is 4.79 Å². The summed E-state index contributed by atoms with van der Waals surface area (Å²) in [4.78, 5) is 10.3. The van der Waals surface area contributed by atoms with Gasteiger partial charge < -0.3 is 5.11 Å². The molecule has 1 aliphatic carbocycles. The van der Waals surface area contributed by atoms with E-state index in [2.05, 4.69) is 6.08 Å². The molecule has 1 atom stereocenters. The van der Waals surface area contributed by atoms with Crippen molar-refractivity contribution in [1.82, 2.24) is 0 Å². The summed E-state index contributed by atoms with van der Waals surface area (Å²) in [6, 6.07) is 0. The largest absolute Gasteiger partial charge is 0.481 e. The molecule has 3 heteroatoms. The minimum atomic E-state index is -0.657. The third kappa shape index (κ3) is 3.43. The van der Waals surface area contributed by atoms with Crippen LogP contribution in [-0.2, 0) is 4.79 Å². The number of hydrogen-bond acceptors (Lipinski definition) is 1. The van der Waals surface area contributed by atoms with E-state index in [1.54, 1.807) is 4.44 Å². The van der Waals surface area contributed by atoms with Gasteiger partial charge in [-0.1, -0.05) is 0 Å². The highest BCUT2D eigenvalue weighted by atomic mass is 27.0. The Morgan fingerprint density at radius 1 is 1.75 bits per heavy atom. The van der Waals surface area contributed by atoms with E-state index in [1.807, 2.05) is 0 Å². The fourth-order valence-electron chi connectivity index (χ4n) is 1.61. The predicted octanol–water partition coefficient (Wildman–Crippen LogP) is 1.17. The first-order valence-corrected chi connectivity index (χ1v) is 5.56. The zero-order valence-electron chi connectivity index (χ0n) is 7.55. The normalized spacial score (nSPS) is 23.3. The average molecular weight is 182 g/mol. The predicted molar refractivity (Wildman–Crippen MR) is 50.8 cm³/mol. The Kier molecular flexibility index (Phi) is 3.84. The van der Waals surface area contributed by atoms with Crippen molar-refractivity contribution in [3.05, 3.63) is 10.5 Å². The maximum atomic E-state index is 10.3. The number of carboxylic acid groups (broad SMARTS) is 1. The van der Waals surface area contributed by atoms with Crippen LogP contribution in [0.15, 0.2) is 10.5 Å². The summed E-state index contributed by atoms with van der Waals surface area (Å²) in [5.74, 6) is -0.0190. The van der Waals surface area contributed by atoms with Crippen LogP contribution in [-0.4, -0.2) is 27.4 Å². The van der Waals surface area contributed by atoms with E-state index < -0.39 is 5.97 Å². The number of carboxylic acids is 1. The number of carbonyl (C=O) groups is 1. The lowest BCUT2D eigenvalue weighted by atomic mass is 9.90. The van der Waals surface area contributed by atoms with Gasteiger partial charge in [-0.25, -0.2) is 0 Å². The first-order chi connectivity index (χ1) is 5.68. The van der Waals surface area contributed by atoms with Crippen LogP contribution in [0.5, 0.6) is 0 Å². The van der Waals surface area contributed by atoms with E-state index in [4.69, 9.17) is 5.11 Å². The van der Waals surface area contributed by atoms with E-state index in [1.165, 1.54) is 29.1 Å². The fourth-order valence-corrected chi connectivity index (χ4v) is 2.13. The quantitative estimate of drug-likeness (QED) is 0.665. The number of allylic oxidation sites excluding steroid dienone is 2. The van der Waals surface area contributed by atoms with Crippen LogP contribution >= 0.6 is 0 Å². The molecule has 0 aromatic rings. The van der Waals surface area contributed by atoms with Gasteiger partial charge in [0, 0.05) is 6.42 Å². The van der Waals surface area contributed by atoms with Crippen molar-refractivity contribution in [1.29, 1.82) is 0 Å². The van der Waals surface area contributed by atoms with E-state index in [0.717, 1.165) is 12.8 Å². The van der Waals surface area contributed by atoms with Crippen LogP contribution in [0.25, 0.3) is 0 Å². The molecule has 0 aromatic heterocycles. The topological polar surface area (TPSA) is 37.3 Å². The zero-order chi connectivity index (χ0) is 8.97. The fraction of sp³-hybridized carbons (Fsp3) is 0.667. The van der Waals surface area contributed by atoms with Gasteiger partial charge in [0.25, 0.3) is 16.3 Å². The molecule has 0 aromatic carbocycles. The molecule has 0 amide bonds. The van der Waals surface area contributed by atoms with Crippen molar-refractivity contribution in [2.24, 2.45) is 5.92 Å². The number of rotatable bonds is 3. The minimum absolute atomic E-state index is 0.342. The maximum Gasteiger partial charge on any atom is 0.303 e. The number of hydrogen-bond donors (Lipinski definition) is 1. The van der Waals surface area contributed by atoms with Gasteiger partial charge in [0.1, 0.15) is 0 Å².